The molecule has 0 saturated heterocycles. The standard InChI is InChI=1S/C63H52BN3O/c1-40-33-56-61-57(34-40)67(54-26-18-28-59-60(54)47-25-16-17-27-58(47)68-59)53-32-30-46(65(44-21-12-8-13-22-44)45-23-14-9-15-24-45)36-50(53)64(61)51-37-48-49(63(5,6)39-62(48,3)4)38-55(51)66(56)52-31-29-43(35-41(52)2)42-19-10-7-11-20-42/h7-38H,39H2,1-6H3. The maximum atomic E-state index is 6.62. The van der Waals surface area contributed by atoms with Crippen molar-refractivity contribution in [2.75, 3.05) is 14.7 Å². The monoisotopic (exact) mass is 877 g/mol. The Balaban J connectivity index is 1.14. The van der Waals surface area contributed by atoms with Crippen LogP contribution in [0.15, 0.2) is 199 Å². The molecular formula is C63H52BN3O. The number of benzene rings is 9. The van der Waals surface area contributed by atoms with E-state index in [4.69, 9.17) is 4.42 Å². The zero-order valence-corrected chi connectivity index (χ0v) is 39.5. The molecule has 328 valence electrons. The smallest absolute Gasteiger partial charge is 0.252 e. The molecule has 0 N–H and O–H groups in total. The minimum Gasteiger partial charge on any atom is -0.456 e. The van der Waals surface area contributed by atoms with E-state index in [1.807, 2.05) is 0 Å². The summed E-state index contributed by atoms with van der Waals surface area (Å²) in [5.74, 6) is 0. The van der Waals surface area contributed by atoms with Gasteiger partial charge in [-0.1, -0.05) is 131 Å². The minimum absolute atomic E-state index is 0.00308. The van der Waals surface area contributed by atoms with Crippen LogP contribution in [0.2, 0.25) is 0 Å². The molecule has 0 spiro atoms. The van der Waals surface area contributed by atoms with Gasteiger partial charge in [0.25, 0.3) is 6.71 Å². The maximum Gasteiger partial charge on any atom is 0.252 e. The number of fused-ring (bicyclic) bond motifs is 8. The normalized spacial score (nSPS) is 15.0. The molecule has 0 saturated carbocycles. The number of para-hydroxylation sites is 3. The molecule has 13 rings (SSSR count). The summed E-state index contributed by atoms with van der Waals surface area (Å²) >= 11 is 0. The van der Waals surface area contributed by atoms with E-state index < -0.39 is 0 Å². The van der Waals surface area contributed by atoms with Crippen molar-refractivity contribution in [3.63, 3.8) is 0 Å². The molecule has 9 aromatic carbocycles. The predicted molar refractivity (Wildman–Crippen MR) is 288 cm³/mol. The summed E-state index contributed by atoms with van der Waals surface area (Å²) in [5, 5.41) is 2.23. The van der Waals surface area contributed by atoms with Crippen molar-refractivity contribution in [2.45, 2.75) is 58.8 Å². The summed E-state index contributed by atoms with van der Waals surface area (Å²) in [7, 11) is 0. The Hall–Kier alpha value is -7.76. The molecule has 0 radical (unpaired) electrons. The van der Waals surface area contributed by atoms with Crippen molar-refractivity contribution in [2.24, 2.45) is 0 Å². The Bertz CT molecular complexity index is 3610. The highest BCUT2D eigenvalue weighted by atomic mass is 16.3. The SMILES string of the molecule is Cc1cc2c3c(c1)N(c1cccc4oc5ccccc5c14)c1ccc(N(c4ccccc4)c4ccccc4)cc1B3c1cc3c(cc1N2c1ccc(-c2ccccc2)cc1C)C(C)(C)CC3(C)C. The van der Waals surface area contributed by atoms with E-state index in [1.54, 1.807) is 0 Å². The number of hydrogen-bond donors (Lipinski definition) is 0. The van der Waals surface area contributed by atoms with Crippen LogP contribution in [-0.2, 0) is 10.8 Å². The third-order valence-corrected chi connectivity index (χ3v) is 15.1. The first-order valence-electron chi connectivity index (χ1n) is 24.1. The fraction of sp³-hybridized carbons (Fsp3) is 0.143. The molecule has 10 aromatic rings. The van der Waals surface area contributed by atoms with Crippen LogP contribution in [0.3, 0.4) is 0 Å². The number of aryl methyl sites for hydroxylation is 2. The topological polar surface area (TPSA) is 22.9 Å². The van der Waals surface area contributed by atoms with Gasteiger partial charge in [-0.05, 0) is 172 Å². The number of anilines is 9. The summed E-state index contributed by atoms with van der Waals surface area (Å²) in [5.41, 5.74) is 24.0. The lowest BCUT2D eigenvalue weighted by atomic mass is 9.33. The molecule has 1 aliphatic carbocycles. The zero-order valence-electron chi connectivity index (χ0n) is 39.5. The summed E-state index contributed by atoms with van der Waals surface area (Å²) in [6.45, 7) is 14.3. The van der Waals surface area contributed by atoms with Crippen LogP contribution < -0.4 is 31.1 Å². The molecule has 0 unspecified atom stereocenters. The highest BCUT2D eigenvalue weighted by Crippen LogP contribution is 2.54. The molecular weight excluding hydrogens is 826 g/mol. The summed E-state index contributed by atoms with van der Waals surface area (Å²) in [6, 6.07) is 71.7. The van der Waals surface area contributed by atoms with Crippen molar-refractivity contribution in [1.82, 2.24) is 0 Å². The van der Waals surface area contributed by atoms with Gasteiger partial charge in [0.15, 0.2) is 0 Å². The quantitative estimate of drug-likeness (QED) is 0.155. The van der Waals surface area contributed by atoms with Gasteiger partial charge in [0.1, 0.15) is 11.2 Å². The molecule has 1 aromatic heterocycles. The van der Waals surface area contributed by atoms with Crippen LogP contribution in [-0.4, -0.2) is 6.71 Å². The number of nitrogens with zero attached hydrogens (tertiary/aromatic N) is 3. The molecule has 3 heterocycles. The second-order valence-corrected chi connectivity index (χ2v) is 20.6. The first-order chi connectivity index (χ1) is 33.0. The predicted octanol–water partition coefficient (Wildman–Crippen LogP) is 15.4. The molecule has 3 aliphatic rings. The highest BCUT2D eigenvalue weighted by Gasteiger charge is 2.48. The fourth-order valence-corrected chi connectivity index (χ4v) is 12.5. The molecule has 0 atom stereocenters. The Labute approximate surface area is 399 Å². The largest absolute Gasteiger partial charge is 0.456 e. The second-order valence-electron chi connectivity index (χ2n) is 20.6. The lowest BCUT2D eigenvalue weighted by Crippen LogP contribution is -2.61. The van der Waals surface area contributed by atoms with E-state index in [-0.39, 0.29) is 17.5 Å². The number of rotatable bonds is 6. The molecule has 68 heavy (non-hydrogen) atoms. The second kappa shape index (κ2) is 14.9. The van der Waals surface area contributed by atoms with Crippen molar-refractivity contribution in [3.05, 3.63) is 216 Å². The molecule has 5 heteroatoms. The zero-order chi connectivity index (χ0) is 46.1. The van der Waals surface area contributed by atoms with E-state index in [9.17, 15) is 0 Å². The lowest BCUT2D eigenvalue weighted by molar-refractivity contribution is 0.403. The van der Waals surface area contributed by atoms with Crippen molar-refractivity contribution < 1.29 is 4.42 Å². The average molecular weight is 878 g/mol. The van der Waals surface area contributed by atoms with E-state index >= 15 is 0 Å². The maximum absolute atomic E-state index is 6.62. The van der Waals surface area contributed by atoms with Gasteiger partial charge in [-0.25, -0.2) is 0 Å². The average Bonchev–Trinajstić information content (AvgIpc) is 3.82. The number of hydrogen-bond acceptors (Lipinski definition) is 4. The van der Waals surface area contributed by atoms with E-state index in [0.29, 0.717) is 0 Å². The van der Waals surface area contributed by atoms with Gasteiger partial charge in [-0.2, -0.15) is 0 Å². The molecule has 0 fully saturated rings. The first-order valence-corrected chi connectivity index (χ1v) is 24.1. The van der Waals surface area contributed by atoms with Crippen LogP contribution in [0.1, 0.15) is 56.4 Å². The Morgan fingerprint density at radius 3 is 1.74 bits per heavy atom. The first kappa shape index (κ1) is 40.5. The molecule has 0 amide bonds. The van der Waals surface area contributed by atoms with E-state index in [2.05, 4.69) is 250 Å². The van der Waals surface area contributed by atoms with Gasteiger partial charge in [-0.15, -0.1) is 0 Å². The third kappa shape index (κ3) is 6.08. The van der Waals surface area contributed by atoms with Crippen molar-refractivity contribution in [3.8, 4) is 11.1 Å². The summed E-state index contributed by atoms with van der Waals surface area (Å²) in [4.78, 5) is 7.57. The highest BCUT2D eigenvalue weighted by molar-refractivity contribution is 7.00. The Morgan fingerprint density at radius 2 is 1.04 bits per heavy atom. The Morgan fingerprint density at radius 1 is 0.456 bits per heavy atom. The van der Waals surface area contributed by atoms with Crippen molar-refractivity contribution in [1.29, 1.82) is 0 Å². The molecule has 0 bridgehead atoms. The van der Waals surface area contributed by atoms with Crippen LogP contribution >= 0.6 is 0 Å². The minimum atomic E-state index is -0.0690. The summed E-state index contributed by atoms with van der Waals surface area (Å²) in [6.07, 6.45) is 1.09. The van der Waals surface area contributed by atoms with Gasteiger partial charge in [0.2, 0.25) is 0 Å². The fourth-order valence-electron chi connectivity index (χ4n) is 12.5. The number of furan rings is 1. The van der Waals surface area contributed by atoms with Gasteiger partial charge < -0.3 is 19.1 Å². The third-order valence-electron chi connectivity index (χ3n) is 15.1. The van der Waals surface area contributed by atoms with E-state index in [0.717, 1.165) is 51.1 Å². The molecule has 4 nitrogen and oxygen atoms in total. The van der Waals surface area contributed by atoms with E-state index in [1.165, 1.54) is 78.2 Å². The van der Waals surface area contributed by atoms with Crippen LogP contribution in [0, 0.1) is 13.8 Å². The molecule has 2 aliphatic heterocycles. The van der Waals surface area contributed by atoms with Crippen LogP contribution in [0.25, 0.3) is 33.1 Å². The summed E-state index contributed by atoms with van der Waals surface area (Å²) < 4.78 is 6.62. The van der Waals surface area contributed by atoms with Gasteiger partial charge in [0.05, 0.1) is 11.1 Å². The van der Waals surface area contributed by atoms with Crippen LogP contribution in [0.4, 0.5) is 51.2 Å². The van der Waals surface area contributed by atoms with Gasteiger partial charge >= 0.3 is 0 Å². The van der Waals surface area contributed by atoms with Gasteiger partial charge in [-0.3, -0.25) is 0 Å². The van der Waals surface area contributed by atoms with Gasteiger partial charge in [0, 0.05) is 50.9 Å². The van der Waals surface area contributed by atoms with Crippen molar-refractivity contribution >= 4 is 96.2 Å². The Kier molecular flexibility index (Phi) is 8.86. The van der Waals surface area contributed by atoms with Crippen LogP contribution in [0.5, 0.6) is 0 Å². The lowest BCUT2D eigenvalue weighted by Gasteiger charge is -2.45.